The summed E-state index contributed by atoms with van der Waals surface area (Å²) in [5.41, 5.74) is 4.27. The number of H-pyrrole nitrogens is 2. The van der Waals surface area contributed by atoms with Crippen LogP contribution >= 0.6 is 0 Å². The third-order valence-corrected chi connectivity index (χ3v) is 6.73. The van der Waals surface area contributed by atoms with E-state index in [1.54, 1.807) is 0 Å². The number of nitrogens with two attached hydrogens (primary N) is 1. The SMILES string of the molecule is CC1CCCCC1(CN)NS(=O)(=O)c1ccc2[nH]c(=O)[nH]c(=O)c2c1. The summed E-state index contributed by atoms with van der Waals surface area (Å²) in [7, 11) is -3.86. The van der Waals surface area contributed by atoms with Gasteiger partial charge in [-0.2, -0.15) is 0 Å². The maximum absolute atomic E-state index is 12.9. The fourth-order valence-electron chi connectivity index (χ4n) is 3.55. The summed E-state index contributed by atoms with van der Waals surface area (Å²) < 4.78 is 28.5. The van der Waals surface area contributed by atoms with Crippen LogP contribution in [0.25, 0.3) is 10.9 Å². The van der Waals surface area contributed by atoms with Gasteiger partial charge in [0, 0.05) is 12.1 Å². The lowest BCUT2D eigenvalue weighted by Crippen LogP contribution is -2.58. The summed E-state index contributed by atoms with van der Waals surface area (Å²) >= 11 is 0. The van der Waals surface area contributed by atoms with Gasteiger partial charge in [0.25, 0.3) is 5.56 Å². The first-order valence-corrected chi connectivity index (χ1v) is 9.76. The van der Waals surface area contributed by atoms with Crippen molar-refractivity contribution in [3.63, 3.8) is 0 Å². The Morgan fingerprint density at radius 1 is 1.28 bits per heavy atom. The van der Waals surface area contributed by atoms with Crippen molar-refractivity contribution in [2.24, 2.45) is 11.7 Å². The second-order valence-electron chi connectivity index (χ2n) is 6.73. The molecule has 0 spiro atoms. The van der Waals surface area contributed by atoms with Crippen molar-refractivity contribution in [1.82, 2.24) is 14.7 Å². The lowest BCUT2D eigenvalue weighted by atomic mass is 9.74. The monoisotopic (exact) mass is 366 g/mol. The standard InChI is InChI=1S/C16H22N4O4S/c1-10-4-2-3-7-16(10,9-17)20-25(23,24)11-5-6-13-12(8-11)14(21)19-15(22)18-13/h5-6,8,10,20H,2-4,7,9,17H2,1H3,(H2,18,19,21,22). The van der Waals surface area contributed by atoms with E-state index in [1.165, 1.54) is 18.2 Å². The highest BCUT2D eigenvalue weighted by atomic mass is 32.2. The molecule has 0 bridgehead atoms. The lowest BCUT2D eigenvalue weighted by molar-refractivity contribution is 0.191. The van der Waals surface area contributed by atoms with Crippen molar-refractivity contribution in [3.8, 4) is 0 Å². The molecule has 9 heteroatoms. The molecule has 1 aromatic carbocycles. The number of fused-ring (bicyclic) bond motifs is 1. The molecule has 0 aliphatic heterocycles. The zero-order valence-electron chi connectivity index (χ0n) is 14.0. The van der Waals surface area contributed by atoms with Gasteiger partial charge >= 0.3 is 5.69 Å². The summed E-state index contributed by atoms with van der Waals surface area (Å²) in [6.45, 7) is 2.22. The molecule has 2 unspecified atom stereocenters. The Balaban J connectivity index is 2.04. The molecule has 2 atom stereocenters. The molecule has 2 aromatic rings. The number of rotatable bonds is 4. The molecule has 1 aliphatic carbocycles. The molecule has 1 heterocycles. The van der Waals surface area contributed by atoms with Crippen molar-refractivity contribution in [3.05, 3.63) is 39.0 Å². The van der Waals surface area contributed by atoms with Crippen molar-refractivity contribution < 1.29 is 8.42 Å². The van der Waals surface area contributed by atoms with Gasteiger partial charge in [0.2, 0.25) is 10.0 Å². The molecule has 1 aromatic heterocycles. The Morgan fingerprint density at radius 3 is 2.72 bits per heavy atom. The summed E-state index contributed by atoms with van der Waals surface area (Å²) in [4.78, 5) is 27.8. The van der Waals surface area contributed by atoms with Crippen LogP contribution in [0.15, 0.2) is 32.7 Å². The van der Waals surface area contributed by atoms with Crippen LogP contribution in [0.5, 0.6) is 0 Å². The van der Waals surface area contributed by atoms with Crippen LogP contribution in [0.1, 0.15) is 32.6 Å². The van der Waals surface area contributed by atoms with Crippen molar-refractivity contribution >= 4 is 20.9 Å². The lowest BCUT2D eigenvalue weighted by Gasteiger charge is -2.42. The maximum atomic E-state index is 12.9. The minimum absolute atomic E-state index is 0.0249. The van der Waals surface area contributed by atoms with Gasteiger partial charge in [-0.1, -0.05) is 19.8 Å². The Labute approximate surface area is 144 Å². The number of nitrogens with one attached hydrogen (secondary N) is 3. The van der Waals surface area contributed by atoms with Crippen molar-refractivity contribution in [2.45, 2.75) is 43.0 Å². The predicted molar refractivity (Wildman–Crippen MR) is 94.9 cm³/mol. The van der Waals surface area contributed by atoms with Gasteiger partial charge in [0.1, 0.15) is 0 Å². The average molecular weight is 366 g/mol. The van der Waals surface area contributed by atoms with Gasteiger partial charge in [0.15, 0.2) is 0 Å². The highest BCUT2D eigenvalue weighted by Gasteiger charge is 2.40. The van der Waals surface area contributed by atoms with E-state index in [0.717, 1.165) is 19.3 Å². The molecule has 1 saturated carbocycles. The summed E-state index contributed by atoms with van der Waals surface area (Å²) in [5.74, 6) is 0.126. The van der Waals surface area contributed by atoms with E-state index < -0.39 is 26.8 Å². The number of sulfonamides is 1. The molecule has 5 N–H and O–H groups in total. The van der Waals surface area contributed by atoms with Gasteiger partial charge in [-0.05, 0) is 37.0 Å². The number of benzene rings is 1. The van der Waals surface area contributed by atoms with Crippen LogP contribution in [-0.2, 0) is 10.0 Å². The van der Waals surface area contributed by atoms with E-state index in [1.807, 2.05) is 6.92 Å². The Morgan fingerprint density at radius 2 is 2.04 bits per heavy atom. The predicted octanol–water partition coefficient (Wildman–Crippen LogP) is 0.402. The Bertz CT molecular complexity index is 1010. The fourth-order valence-corrected chi connectivity index (χ4v) is 5.11. The normalized spacial score (nSPS) is 24.5. The minimum Gasteiger partial charge on any atom is -0.329 e. The molecule has 3 rings (SSSR count). The molecule has 0 radical (unpaired) electrons. The van der Waals surface area contributed by atoms with Gasteiger partial charge in [-0.15, -0.1) is 0 Å². The molecule has 0 amide bonds. The molecule has 0 saturated heterocycles. The van der Waals surface area contributed by atoms with E-state index in [9.17, 15) is 18.0 Å². The highest BCUT2D eigenvalue weighted by Crippen LogP contribution is 2.34. The first-order chi connectivity index (χ1) is 11.8. The quantitative estimate of drug-likeness (QED) is 0.620. The third-order valence-electron chi connectivity index (χ3n) is 5.18. The maximum Gasteiger partial charge on any atom is 0.326 e. The molecule has 1 fully saturated rings. The van der Waals surface area contributed by atoms with E-state index in [2.05, 4.69) is 14.7 Å². The summed E-state index contributed by atoms with van der Waals surface area (Å²) in [6.07, 6.45) is 3.58. The average Bonchev–Trinajstić information content (AvgIpc) is 2.56. The first kappa shape index (κ1) is 17.8. The molecular formula is C16H22N4O4S. The van der Waals surface area contributed by atoms with Gasteiger partial charge in [-0.3, -0.25) is 9.78 Å². The van der Waals surface area contributed by atoms with Crippen LogP contribution < -0.4 is 21.7 Å². The summed E-state index contributed by atoms with van der Waals surface area (Å²) in [5, 5.41) is 0.112. The van der Waals surface area contributed by atoms with Crippen LogP contribution in [-0.4, -0.2) is 30.5 Å². The number of aromatic nitrogens is 2. The van der Waals surface area contributed by atoms with Crippen LogP contribution in [0.2, 0.25) is 0 Å². The van der Waals surface area contributed by atoms with Crippen molar-refractivity contribution in [1.29, 1.82) is 0 Å². The van der Waals surface area contributed by atoms with E-state index in [4.69, 9.17) is 5.73 Å². The highest BCUT2D eigenvalue weighted by molar-refractivity contribution is 7.89. The van der Waals surface area contributed by atoms with Crippen LogP contribution in [0.3, 0.4) is 0 Å². The second kappa shape index (κ2) is 6.40. The molecular weight excluding hydrogens is 344 g/mol. The van der Waals surface area contributed by atoms with Gasteiger partial charge in [-0.25, -0.2) is 17.9 Å². The van der Waals surface area contributed by atoms with Crippen LogP contribution in [0, 0.1) is 5.92 Å². The topological polar surface area (TPSA) is 138 Å². The van der Waals surface area contributed by atoms with E-state index in [0.29, 0.717) is 6.42 Å². The smallest absolute Gasteiger partial charge is 0.326 e. The zero-order valence-corrected chi connectivity index (χ0v) is 14.8. The van der Waals surface area contributed by atoms with E-state index >= 15 is 0 Å². The largest absolute Gasteiger partial charge is 0.329 e. The van der Waals surface area contributed by atoms with Crippen molar-refractivity contribution in [2.75, 3.05) is 6.54 Å². The first-order valence-electron chi connectivity index (χ1n) is 8.28. The second-order valence-corrected chi connectivity index (χ2v) is 8.41. The fraction of sp³-hybridized carbons (Fsp3) is 0.500. The Kier molecular flexibility index (Phi) is 4.56. The van der Waals surface area contributed by atoms with Gasteiger partial charge < -0.3 is 10.7 Å². The minimum atomic E-state index is -3.86. The molecule has 1 aliphatic rings. The Hall–Kier alpha value is -1.97. The summed E-state index contributed by atoms with van der Waals surface area (Å²) in [6, 6.07) is 4.06. The third kappa shape index (κ3) is 3.26. The number of hydrogen-bond donors (Lipinski definition) is 4. The number of aromatic amines is 2. The zero-order chi connectivity index (χ0) is 18.2. The number of hydrogen-bond acceptors (Lipinski definition) is 5. The van der Waals surface area contributed by atoms with Gasteiger partial charge in [0.05, 0.1) is 15.8 Å². The van der Waals surface area contributed by atoms with E-state index in [-0.39, 0.29) is 28.3 Å². The molecule has 136 valence electrons. The molecule has 8 nitrogen and oxygen atoms in total. The van der Waals surface area contributed by atoms with Crippen LogP contribution in [0.4, 0.5) is 0 Å². The molecule has 25 heavy (non-hydrogen) atoms.